The van der Waals surface area contributed by atoms with Crippen LogP contribution in [-0.2, 0) is 0 Å². The molecular weight excluding hydrogens is 270 g/mol. The molecule has 1 atom stereocenters. The van der Waals surface area contributed by atoms with Crippen LogP contribution >= 0.6 is 11.3 Å². The van der Waals surface area contributed by atoms with Crippen LogP contribution in [0.1, 0.15) is 44.7 Å². The number of benzene rings is 1. The normalized spacial score (nSPS) is 11.9. The average Bonchev–Trinajstić information content (AvgIpc) is 2.95. The summed E-state index contributed by atoms with van der Waals surface area (Å²) in [6.45, 7) is 4.16. The maximum Gasteiger partial charge on any atom is 0.261 e. The zero-order chi connectivity index (χ0) is 14.5. The van der Waals surface area contributed by atoms with Crippen LogP contribution in [0.5, 0.6) is 0 Å². The van der Waals surface area contributed by atoms with Gasteiger partial charge >= 0.3 is 0 Å². The second-order valence-electron chi connectivity index (χ2n) is 4.74. The Morgan fingerprint density at radius 3 is 2.35 bits per heavy atom. The summed E-state index contributed by atoms with van der Waals surface area (Å²) in [7, 11) is 0. The summed E-state index contributed by atoms with van der Waals surface area (Å²) in [5, 5.41) is 2.91. The molecule has 4 heteroatoms. The zero-order valence-corrected chi connectivity index (χ0v) is 12.4. The first-order valence-corrected chi connectivity index (χ1v) is 7.33. The third-order valence-corrected chi connectivity index (χ3v) is 4.30. The third-order valence-electron chi connectivity index (χ3n) is 3.11. The number of hydrogen-bond acceptors (Lipinski definition) is 3. The molecule has 0 aliphatic rings. The lowest BCUT2D eigenvalue weighted by Gasteiger charge is -2.12. The molecule has 1 amide bonds. The molecule has 0 fully saturated rings. The molecule has 1 aromatic heterocycles. The Labute approximate surface area is 122 Å². The average molecular weight is 287 g/mol. The minimum Gasteiger partial charge on any atom is -0.351 e. The number of carbonyl (C=O) groups excluding carboxylic acids is 2. The predicted molar refractivity (Wildman–Crippen MR) is 81.5 cm³/mol. The van der Waals surface area contributed by atoms with Crippen molar-refractivity contribution in [3.05, 3.63) is 57.8 Å². The molecular formula is C16H17NO2S. The first-order chi connectivity index (χ1) is 9.58. The Morgan fingerprint density at radius 1 is 1.10 bits per heavy atom. The van der Waals surface area contributed by atoms with Crippen LogP contribution in [-0.4, -0.2) is 18.2 Å². The van der Waals surface area contributed by atoms with Crippen molar-refractivity contribution >= 4 is 23.0 Å². The van der Waals surface area contributed by atoms with Gasteiger partial charge in [0.25, 0.3) is 5.91 Å². The molecule has 3 nitrogen and oxygen atoms in total. The van der Waals surface area contributed by atoms with Crippen molar-refractivity contribution in [1.82, 2.24) is 5.32 Å². The van der Waals surface area contributed by atoms with Crippen LogP contribution in [0.15, 0.2) is 42.5 Å². The van der Waals surface area contributed by atoms with Crippen molar-refractivity contribution < 1.29 is 9.59 Å². The van der Waals surface area contributed by atoms with E-state index in [-0.39, 0.29) is 17.6 Å². The second kappa shape index (κ2) is 6.48. The van der Waals surface area contributed by atoms with Crippen LogP contribution in [0.3, 0.4) is 0 Å². The molecule has 1 N–H and O–H groups in total. The highest BCUT2D eigenvalue weighted by Gasteiger charge is 2.12. The number of Topliss-reactive ketones (excluding diaryl/α,β-unsaturated/α-hetero) is 1. The van der Waals surface area contributed by atoms with Gasteiger partial charge in [-0.25, -0.2) is 0 Å². The van der Waals surface area contributed by atoms with E-state index in [0.717, 1.165) is 0 Å². The van der Waals surface area contributed by atoms with E-state index in [0.29, 0.717) is 16.3 Å². The van der Waals surface area contributed by atoms with E-state index in [4.69, 9.17) is 0 Å². The summed E-state index contributed by atoms with van der Waals surface area (Å²) in [4.78, 5) is 24.4. The van der Waals surface area contributed by atoms with E-state index in [9.17, 15) is 9.59 Å². The zero-order valence-electron chi connectivity index (χ0n) is 11.6. The van der Waals surface area contributed by atoms with E-state index >= 15 is 0 Å². The Morgan fingerprint density at radius 2 is 1.75 bits per heavy atom. The lowest BCUT2D eigenvalue weighted by molar-refractivity contribution is 0.0955. The molecule has 0 spiro atoms. The standard InChI is InChI=1S/C16H17NO2S/c1-11(13-6-4-3-5-7-13)10-17-16(19)15-9-8-14(20-15)12(2)18/h3-9,11H,10H2,1-2H3,(H,17,19). The molecule has 20 heavy (non-hydrogen) atoms. The number of ketones is 1. The van der Waals surface area contributed by atoms with Gasteiger partial charge in [-0.05, 0) is 30.5 Å². The second-order valence-corrected chi connectivity index (χ2v) is 5.83. The van der Waals surface area contributed by atoms with Gasteiger partial charge in [-0.1, -0.05) is 37.3 Å². The number of hydrogen-bond donors (Lipinski definition) is 1. The van der Waals surface area contributed by atoms with Crippen LogP contribution in [0.25, 0.3) is 0 Å². The van der Waals surface area contributed by atoms with Crippen molar-refractivity contribution in [1.29, 1.82) is 0 Å². The van der Waals surface area contributed by atoms with Gasteiger partial charge in [0.2, 0.25) is 0 Å². The minimum absolute atomic E-state index is 0.00768. The van der Waals surface area contributed by atoms with Gasteiger partial charge in [-0.15, -0.1) is 11.3 Å². The van der Waals surface area contributed by atoms with Crippen LogP contribution in [0.2, 0.25) is 0 Å². The topological polar surface area (TPSA) is 46.2 Å². The van der Waals surface area contributed by atoms with E-state index in [1.54, 1.807) is 12.1 Å². The van der Waals surface area contributed by atoms with Crippen molar-refractivity contribution in [3.63, 3.8) is 0 Å². The summed E-state index contributed by atoms with van der Waals surface area (Å²) in [6, 6.07) is 13.5. The molecule has 0 radical (unpaired) electrons. The lowest BCUT2D eigenvalue weighted by atomic mass is 10.0. The van der Waals surface area contributed by atoms with Gasteiger partial charge < -0.3 is 5.32 Å². The van der Waals surface area contributed by atoms with Gasteiger partial charge in [0, 0.05) is 6.54 Å². The predicted octanol–water partition coefficient (Wildman–Crippen LogP) is 3.48. The first kappa shape index (κ1) is 14.5. The van der Waals surface area contributed by atoms with Gasteiger partial charge in [0.05, 0.1) is 9.75 Å². The van der Waals surface area contributed by atoms with Gasteiger partial charge in [0.1, 0.15) is 0 Å². The molecule has 0 saturated carbocycles. The van der Waals surface area contributed by atoms with E-state index in [2.05, 4.69) is 24.4 Å². The maximum absolute atomic E-state index is 12.0. The fourth-order valence-electron chi connectivity index (χ4n) is 1.88. The summed E-state index contributed by atoms with van der Waals surface area (Å²) in [6.07, 6.45) is 0. The lowest BCUT2D eigenvalue weighted by Crippen LogP contribution is -2.26. The van der Waals surface area contributed by atoms with Crippen LogP contribution in [0.4, 0.5) is 0 Å². The number of thiophene rings is 1. The minimum atomic E-state index is -0.120. The molecule has 2 rings (SSSR count). The molecule has 0 aliphatic heterocycles. The van der Waals surface area contributed by atoms with Gasteiger partial charge in [-0.3, -0.25) is 9.59 Å². The fraction of sp³-hybridized carbons (Fsp3) is 0.250. The highest BCUT2D eigenvalue weighted by molar-refractivity contribution is 7.15. The summed E-state index contributed by atoms with van der Waals surface area (Å²) >= 11 is 1.23. The van der Waals surface area contributed by atoms with Crippen LogP contribution < -0.4 is 5.32 Å². The molecule has 1 aromatic carbocycles. The van der Waals surface area contributed by atoms with Gasteiger partial charge in [-0.2, -0.15) is 0 Å². The molecule has 1 unspecified atom stereocenters. The number of nitrogens with one attached hydrogen (secondary N) is 1. The summed E-state index contributed by atoms with van der Waals surface area (Å²) in [5.41, 5.74) is 1.20. The van der Waals surface area contributed by atoms with E-state index in [1.165, 1.54) is 23.8 Å². The Bertz CT molecular complexity index is 604. The molecule has 1 heterocycles. The van der Waals surface area contributed by atoms with E-state index in [1.807, 2.05) is 18.2 Å². The van der Waals surface area contributed by atoms with Crippen molar-refractivity contribution in [3.8, 4) is 0 Å². The SMILES string of the molecule is CC(=O)c1ccc(C(=O)NCC(C)c2ccccc2)s1. The first-order valence-electron chi connectivity index (χ1n) is 6.52. The van der Waals surface area contributed by atoms with Crippen molar-refractivity contribution in [2.45, 2.75) is 19.8 Å². The van der Waals surface area contributed by atoms with Crippen molar-refractivity contribution in [2.75, 3.05) is 6.54 Å². The molecule has 2 aromatic rings. The third kappa shape index (κ3) is 3.54. The largest absolute Gasteiger partial charge is 0.351 e. The highest BCUT2D eigenvalue weighted by atomic mass is 32.1. The highest BCUT2D eigenvalue weighted by Crippen LogP contribution is 2.18. The molecule has 0 saturated heterocycles. The summed E-state index contributed by atoms with van der Waals surface area (Å²) in [5.74, 6) is 0.129. The molecule has 104 valence electrons. The maximum atomic E-state index is 12.0. The van der Waals surface area contributed by atoms with E-state index < -0.39 is 0 Å². The molecule has 0 bridgehead atoms. The fourth-order valence-corrected chi connectivity index (χ4v) is 2.70. The summed E-state index contributed by atoms with van der Waals surface area (Å²) < 4.78 is 0. The Hall–Kier alpha value is -1.94. The monoisotopic (exact) mass is 287 g/mol. The Kier molecular flexibility index (Phi) is 4.69. The quantitative estimate of drug-likeness (QED) is 0.856. The number of amides is 1. The number of carbonyl (C=O) groups is 2. The van der Waals surface area contributed by atoms with Crippen LogP contribution in [0, 0.1) is 0 Å². The Balaban J connectivity index is 1.93. The molecule has 0 aliphatic carbocycles. The smallest absolute Gasteiger partial charge is 0.261 e. The number of rotatable bonds is 5. The van der Waals surface area contributed by atoms with Crippen molar-refractivity contribution in [2.24, 2.45) is 0 Å². The van der Waals surface area contributed by atoms with Gasteiger partial charge in [0.15, 0.2) is 5.78 Å².